The topological polar surface area (TPSA) is 497 Å². The molecule has 0 unspecified atom stereocenters. The molecule has 34 nitrogen and oxygen atoms in total. The SMILES string of the molecule is COC(=O)c1cccc(C(=O)NN)c1.COC(=O)c1cccc(C(=O)NNC(C)=O)c1.COC(=O)c1cccc(C(=O)O)c1.COC(=O)c1cccc(C2=NN=C(C)C2)c1.COc1ccc(C(=O)CN)cc1.COc1ccc(C(=O)CNC(=O)c2cccc(C3=NN=C(C)C3)c2)cc1.COc1ccc(C2=CN=C(c3cccc(C4=NN=C(Cc5ccc(C(=O)O)cc5)C4)c3)C2)cc1.Cl.Cl. The number of nitrogens with zero attached hydrogens (tertiary/aromatic N) is 7. The number of methoxy groups -OCH3 is 7. The Morgan fingerprint density at radius 2 is 0.724 bits per heavy atom. The van der Waals surface area contributed by atoms with Gasteiger partial charge in [0.2, 0.25) is 5.91 Å². The maximum Gasteiger partial charge on any atom is 0.337 e. The monoisotopic (exact) mass is 1860 g/mol. The van der Waals surface area contributed by atoms with Crippen LogP contribution >= 0.6 is 24.8 Å². The lowest BCUT2D eigenvalue weighted by Gasteiger charge is -2.08. The third kappa shape index (κ3) is 32.6. The van der Waals surface area contributed by atoms with Gasteiger partial charge in [0.25, 0.3) is 17.7 Å². The minimum absolute atomic E-state index is 0. The Hall–Kier alpha value is -16.4. The second kappa shape index (κ2) is 54.1. The highest BCUT2D eigenvalue weighted by Crippen LogP contribution is 2.29. The number of allylic oxidation sites excluding steroid dienone is 1. The predicted molar refractivity (Wildman–Crippen MR) is 511 cm³/mol. The molecular formula is C98H97Cl2N13O21. The molecule has 0 spiro atoms. The summed E-state index contributed by atoms with van der Waals surface area (Å²) in [5.41, 5.74) is 29.2. The van der Waals surface area contributed by atoms with E-state index in [1.54, 1.807) is 137 Å². The minimum atomic E-state index is -1.06. The van der Waals surface area contributed by atoms with Crippen molar-refractivity contribution in [2.75, 3.05) is 62.9 Å². The highest BCUT2D eigenvalue weighted by Gasteiger charge is 2.22. The molecule has 694 valence electrons. The zero-order chi connectivity index (χ0) is 95.8. The number of hydrazine groups is 2. The van der Waals surface area contributed by atoms with Crippen LogP contribution in [0.25, 0.3) is 5.57 Å². The Bertz CT molecular complexity index is 6140. The van der Waals surface area contributed by atoms with Crippen LogP contribution < -0.4 is 47.4 Å². The molecule has 0 radical (unpaired) electrons. The van der Waals surface area contributed by atoms with Crippen LogP contribution in [0, 0.1) is 0 Å². The summed E-state index contributed by atoms with van der Waals surface area (Å²) < 4.78 is 33.4. The number of aliphatic imine (C=N–C) groups is 1. The molecular weight excluding hydrogens is 1770 g/mol. The van der Waals surface area contributed by atoms with Crippen molar-refractivity contribution in [3.8, 4) is 17.2 Å². The van der Waals surface area contributed by atoms with Gasteiger partial charge in [-0.3, -0.25) is 50.0 Å². The number of amides is 4. The third-order valence-electron chi connectivity index (χ3n) is 19.1. The molecule has 0 saturated heterocycles. The number of esters is 4. The lowest BCUT2D eigenvalue weighted by atomic mass is 9.96. The molecule has 0 bridgehead atoms. The number of aromatic carboxylic acids is 2. The van der Waals surface area contributed by atoms with E-state index in [1.807, 2.05) is 74.0 Å². The standard InChI is InChI=1S/C28H23N3O3.C20H19N3O3.C12H12N2O2.C11H12N2O4.C9H10N2O3.C9H11NO2.C9H8O4.2ClH/c1-34-25-11-9-19(10-12-25)23-15-26(29-17-23)21-3-2-4-22(14-21)27-16-24(30-31-27)13-18-5-7-20(8-6-18)28(32)33;1-13-10-18(23-22-13)15-4-3-5-16(11-15)20(25)21-12-19(24)14-6-8-17(26-2)9-7-14;1-8-6-11(14-13-8)9-4-3-5-10(7-9)12(15)16-2;1-7(14)12-13-10(15)8-4-3-5-9(6-8)11(16)17-2;1-14-9(13)7-4-2-3-6(5-7)8(12)11-10;1-12-8-4-2-7(3-5-8)9(11)6-10;1-13-9(12)7-4-2-3-6(5-7)8(10)11;;/h2-12,14,17H,13,15-16H2,1H3,(H,32,33);3-9,11H,10,12H2,1-2H3,(H,21,25);3-5,7H,6H2,1-2H3;3-6H,1-2H3,(H,12,14)(H,13,15);2-5H,10H2,1H3,(H,11,12);2-5H,6,10H2,1H3;2-5H,1H3,(H,10,11);2*1H. The molecule has 0 aliphatic carbocycles. The second-order valence-corrected chi connectivity index (χ2v) is 28.4. The van der Waals surface area contributed by atoms with Crippen LogP contribution in [0.5, 0.6) is 17.2 Å². The van der Waals surface area contributed by atoms with E-state index in [0.29, 0.717) is 58.4 Å². The molecule has 0 atom stereocenters. The first kappa shape index (κ1) is 106. The maximum atomic E-state index is 12.4. The summed E-state index contributed by atoms with van der Waals surface area (Å²) in [7, 11) is 9.96. The summed E-state index contributed by atoms with van der Waals surface area (Å²) in [4.78, 5) is 140. The average molecular weight is 1860 g/mol. The number of nitrogens with one attached hydrogen (secondary N) is 4. The molecule has 4 amide bonds. The van der Waals surface area contributed by atoms with Crippen molar-refractivity contribution in [1.82, 2.24) is 21.6 Å². The van der Waals surface area contributed by atoms with Crippen molar-refractivity contribution in [3.63, 3.8) is 0 Å². The van der Waals surface area contributed by atoms with Crippen LogP contribution in [0.3, 0.4) is 0 Å². The molecule has 4 aliphatic heterocycles. The zero-order valence-corrected chi connectivity index (χ0v) is 76.0. The minimum Gasteiger partial charge on any atom is -0.497 e. The average Bonchev–Trinajstić information content (AvgIpc) is 1.67. The number of hydrogen-bond donors (Lipinski definition) is 8. The van der Waals surface area contributed by atoms with Crippen molar-refractivity contribution in [3.05, 3.63) is 343 Å². The van der Waals surface area contributed by atoms with E-state index in [0.717, 1.165) is 97.7 Å². The van der Waals surface area contributed by atoms with Gasteiger partial charge in [0, 0.05) is 84.5 Å². The molecule has 0 fully saturated rings. The van der Waals surface area contributed by atoms with Crippen LogP contribution in [-0.4, -0.2) is 184 Å². The van der Waals surface area contributed by atoms with E-state index in [1.165, 1.54) is 89.5 Å². The fraction of sp³-hybridized carbons (Fsp3) is 0.173. The lowest BCUT2D eigenvalue weighted by molar-refractivity contribution is -0.119. The van der Waals surface area contributed by atoms with Gasteiger partial charge in [0.15, 0.2) is 11.6 Å². The number of benzene rings is 10. The summed E-state index contributed by atoms with van der Waals surface area (Å²) >= 11 is 0. The first-order valence-corrected chi connectivity index (χ1v) is 40.2. The van der Waals surface area contributed by atoms with E-state index >= 15 is 0 Å². The van der Waals surface area contributed by atoms with Crippen molar-refractivity contribution in [1.29, 1.82) is 0 Å². The molecule has 4 heterocycles. The van der Waals surface area contributed by atoms with E-state index in [4.69, 9.17) is 36.0 Å². The van der Waals surface area contributed by atoms with E-state index in [2.05, 4.69) is 101 Å². The number of carboxylic acid groups (broad SMARTS) is 2. The summed E-state index contributed by atoms with van der Waals surface area (Å²) in [6, 6.07) is 69.0. The number of Topliss-reactive ketones (excluding diaryl/α,β-unsaturated/α-hetero) is 2. The number of carboxylic acids is 2. The largest absolute Gasteiger partial charge is 0.497 e. The summed E-state index contributed by atoms with van der Waals surface area (Å²) in [5, 5.41) is 45.3. The van der Waals surface area contributed by atoms with Gasteiger partial charge in [-0.15, -0.1) is 24.8 Å². The number of halogens is 2. The van der Waals surface area contributed by atoms with Gasteiger partial charge in [-0.2, -0.15) is 30.6 Å². The quantitative estimate of drug-likeness (QED) is 0.00695. The Labute approximate surface area is 783 Å². The van der Waals surface area contributed by atoms with Crippen LogP contribution in [0.4, 0.5) is 0 Å². The molecule has 4 aliphatic rings. The van der Waals surface area contributed by atoms with E-state index in [-0.39, 0.29) is 95.1 Å². The van der Waals surface area contributed by atoms with Gasteiger partial charge in [-0.05, 0) is 211 Å². The maximum absolute atomic E-state index is 12.4. The molecule has 10 aromatic rings. The van der Waals surface area contributed by atoms with Crippen LogP contribution in [0.1, 0.15) is 194 Å². The van der Waals surface area contributed by atoms with Crippen molar-refractivity contribution < 1.29 is 101 Å². The summed E-state index contributed by atoms with van der Waals surface area (Å²) in [5.74, 6) is 1.46. The van der Waals surface area contributed by atoms with Crippen LogP contribution in [0.2, 0.25) is 0 Å². The second-order valence-electron chi connectivity index (χ2n) is 28.4. The normalized spacial score (nSPS) is 11.9. The van der Waals surface area contributed by atoms with E-state index in [9.17, 15) is 57.5 Å². The fourth-order valence-electron chi connectivity index (χ4n) is 12.2. The van der Waals surface area contributed by atoms with Gasteiger partial charge >= 0.3 is 35.8 Å². The number of nitrogen functional groups attached to an aromatic ring is 1. The third-order valence-corrected chi connectivity index (χ3v) is 19.1. The smallest absolute Gasteiger partial charge is 0.337 e. The van der Waals surface area contributed by atoms with Gasteiger partial charge in [-0.25, -0.2) is 34.6 Å². The van der Waals surface area contributed by atoms with Crippen molar-refractivity contribution in [2.45, 2.75) is 52.9 Å². The van der Waals surface area contributed by atoms with Crippen LogP contribution in [-0.2, 0) is 30.2 Å². The Morgan fingerprint density at radius 1 is 0.358 bits per heavy atom. The first-order valence-electron chi connectivity index (χ1n) is 40.2. The Morgan fingerprint density at radius 3 is 1.15 bits per heavy atom. The number of rotatable bonds is 24. The number of hydrogen-bond acceptors (Lipinski definition) is 28. The molecule has 134 heavy (non-hydrogen) atoms. The van der Waals surface area contributed by atoms with Crippen LogP contribution in [0.15, 0.2) is 284 Å². The molecule has 14 rings (SSSR count). The highest BCUT2D eigenvalue weighted by molar-refractivity contribution is 6.18. The number of nitrogens with two attached hydrogens (primary N) is 2. The Kier molecular flexibility index (Phi) is 43.0. The molecule has 10 N–H and O–H groups in total. The molecule has 0 saturated carbocycles. The van der Waals surface area contributed by atoms with Gasteiger partial charge in [0.1, 0.15) is 17.2 Å². The number of carbonyl (C=O) groups excluding carboxylic acids is 10. The van der Waals surface area contributed by atoms with Gasteiger partial charge in [0.05, 0.1) is 125 Å². The fourth-order valence-corrected chi connectivity index (χ4v) is 12.2. The lowest BCUT2D eigenvalue weighted by Crippen LogP contribution is -2.40. The van der Waals surface area contributed by atoms with Gasteiger partial charge < -0.3 is 54.4 Å². The highest BCUT2D eigenvalue weighted by atomic mass is 35.5. The number of ether oxygens (including phenoxy) is 7. The number of carbonyl (C=O) groups is 12. The first-order chi connectivity index (χ1) is 63.5. The summed E-state index contributed by atoms with van der Waals surface area (Å²) in [6.45, 7) is 5.09. The molecule has 10 aromatic carbocycles. The van der Waals surface area contributed by atoms with Crippen molar-refractivity contribution >= 4 is 141 Å². The molecule has 36 heteroatoms. The summed E-state index contributed by atoms with van der Waals surface area (Å²) in [6.07, 6.45) is 5.45. The van der Waals surface area contributed by atoms with Gasteiger partial charge in [-0.1, -0.05) is 84.9 Å². The Balaban J connectivity index is 0.000000248. The van der Waals surface area contributed by atoms with Crippen molar-refractivity contribution in [2.24, 2.45) is 47.2 Å². The predicted octanol–water partition coefficient (Wildman–Crippen LogP) is 13.5. The van der Waals surface area contributed by atoms with E-state index < -0.39 is 41.7 Å². The zero-order valence-electron chi connectivity index (χ0n) is 74.4. The molecule has 0 aromatic heterocycles. The number of ketones is 2.